The quantitative estimate of drug-likeness (QED) is 0.727. The molecule has 4 atom stereocenters. The van der Waals surface area contributed by atoms with Gasteiger partial charge in [-0.3, -0.25) is 4.79 Å². The van der Waals surface area contributed by atoms with E-state index in [2.05, 4.69) is 10.6 Å². The summed E-state index contributed by atoms with van der Waals surface area (Å²) >= 11 is 0. The molecule has 21 heavy (non-hydrogen) atoms. The summed E-state index contributed by atoms with van der Waals surface area (Å²) in [6, 6.07) is -0.416. The van der Waals surface area contributed by atoms with Crippen molar-refractivity contribution in [1.82, 2.24) is 10.6 Å². The molecule has 4 unspecified atom stereocenters. The number of hydrogen-bond donors (Lipinski definition) is 3. The van der Waals surface area contributed by atoms with Gasteiger partial charge in [0.15, 0.2) is 0 Å². The van der Waals surface area contributed by atoms with Gasteiger partial charge < -0.3 is 20.5 Å². The molecule has 0 aromatic heterocycles. The van der Waals surface area contributed by atoms with E-state index in [-0.39, 0.29) is 18.0 Å². The van der Waals surface area contributed by atoms with Crippen LogP contribution in [0.1, 0.15) is 32.1 Å². The Morgan fingerprint density at radius 1 is 1.10 bits per heavy atom. The summed E-state index contributed by atoms with van der Waals surface area (Å²) < 4.78 is 5.29. The number of carboxylic acid groups (broad SMARTS) is 1. The van der Waals surface area contributed by atoms with Gasteiger partial charge in [-0.15, -0.1) is 0 Å². The van der Waals surface area contributed by atoms with Crippen LogP contribution in [-0.2, 0) is 9.53 Å². The van der Waals surface area contributed by atoms with Crippen molar-refractivity contribution >= 4 is 12.0 Å². The lowest BCUT2D eigenvalue weighted by Crippen LogP contribution is -2.51. The molecular formula is C15H24N2O4. The summed E-state index contributed by atoms with van der Waals surface area (Å²) in [5.41, 5.74) is 0. The van der Waals surface area contributed by atoms with Crippen LogP contribution in [0, 0.1) is 23.7 Å². The number of carbonyl (C=O) groups is 2. The van der Waals surface area contributed by atoms with Crippen LogP contribution < -0.4 is 10.6 Å². The van der Waals surface area contributed by atoms with E-state index in [1.165, 1.54) is 0 Å². The van der Waals surface area contributed by atoms with Crippen molar-refractivity contribution in [2.24, 2.45) is 23.7 Å². The summed E-state index contributed by atoms with van der Waals surface area (Å²) in [5, 5.41) is 15.2. The minimum Gasteiger partial charge on any atom is -0.481 e. The minimum atomic E-state index is -0.767. The standard InChI is InChI=1S/C15H24N2O4/c18-14(19)12-10-1-2-11(7-10)13(12)17-15(20)16-8-9-3-5-21-6-4-9/h9-13H,1-8H2,(H,18,19)(H2,16,17,20). The molecule has 3 N–H and O–H groups in total. The number of carbonyl (C=O) groups excluding carboxylic acids is 1. The first-order valence-corrected chi connectivity index (χ1v) is 8.00. The van der Waals surface area contributed by atoms with Gasteiger partial charge in [0.25, 0.3) is 0 Å². The van der Waals surface area contributed by atoms with Gasteiger partial charge in [-0.25, -0.2) is 4.79 Å². The lowest BCUT2D eigenvalue weighted by Gasteiger charge is -2.29. The molecule has 0 aromatic carbocycles. The normalized spacial score (nSPS) is 35.6. The maximum Gasteiger partial charge on any atom is 0.315 e. The fourth-order valence-electron chi connectivity index (χ4n) is 4.24. The number of fused-ring (bicyclic) bond motifs is 2. The number of rotatable bonds is 4. The molecule has 2 saturated carbocycles. The molecular weight excluding hydrogens is 272 g/mol. The second-order valence-electron chi connectivity index (χ2n) is 6.63. The number of urea groups is 1. The highest BCUT2D eigenvalue weighted by Gasteiger charge is 2.51. The molecule has 0 radical (unpaired) electrons. The number of ether oxygens (including phenoxy) is 1. The minimum absolute atomic E-state index is 0.198. The summed E-state index contributed by atoms with van der Waals surface area (Å²) in [4.78, 5) is 23.4. The van der Waals surface area contributed by atoms with Crippen LogP contribution in [0.3, 0.4) is 0 Å². The molecule has 3 aliphatic rings. The summed E-state index contributed by atoms with van der Waals surface area (Å²) in [5.74, 6) is -0.118. The Morgan fingerprint density at radius 2 is 1.81 bits per heavy atom. The van der Waals surface area contributed by atoms with Crippen molar-refractivity contribution in [2.45, 2.75) is 38.1 Å². The van der Waals surface area contributed by atoms with Gasteiger partial charge in [0.05, 0.1) is 5.92 Å². The van der Waals surface area contributed by atoms with Crippen LogP contribution in [0.4, 0.5) is 4.79 Å². The SMILES string of the molecule is O=C(NCC1CCOCC1)NC1C2CCC(C2)C1C(=O)O. The molecule has 2 bridgehead atoms. The average molecular weight is 296 g/mol. The Morgan fingerprint density at radius 3 is 2.52 bits per heavy atom. The number of hydrogen-bond acceptors (Lipinski definition) is 3. The molecule has 1 heterocycles. The molecule has 1 saturated heterocycles. The molecule has 3 fully saturated rings. The number of nitrogens with one attached hydrogen (secondary N) is 2. The molecule has 0 spiro atoms. The zero-order valence-corrected chi connectivity index (χ0v) is 12.2. The summed E-state index contributed by atoms with van der Waals surface area (Å²) in [6.45, 7) is 2.18. The van der Waals surface area contributed by atoms with Crippen molar-refractivity contribution in [2.75, 3.05) is 19.8 Å². The van der Waals surface area contributed by atoms with Crippen LogP contribution in [0.2, 0.25) is 0 Å². The van der Waals surface area contributed by atoms with Gasteiger partial charge in [0, 0.05) is 25.8 Å². The third-order valence-electron chi connectivity index (χ3n) is 5.39. The fourth-order valence-corrected chi connectivity index (χ4v) is 4.24. The lowest BCUT2D eigenvalue weighted by molar-refractivity contribution is -0.144. The maximum atomic E-state index is 12.0. The van der Waals surface area contributed by atoms with E-state index in [9.17, 15) is 14.7 Å². The van der Waals surface area contributed by atoms with Crippen molar-refractivity contribution in [3.05, 3.63) is 0 Å². The Bertz CT molecular complexity index is 408. The van der Waals surface area contributed by atoms with Crippen LogP contribution in [-0.4, -0.2) is 42.9 Å². The molecule has 3 rings (SSSR count). The van der Waals surface area contributed by atoms with Crippen molar-refractivity contribution in [3.63, 3.8) is 0 Å². The van der Waals surface area contributed by atoms with Gasteiger partial charge in [0.1, 0.15) is 0 Å². The first-order chi connectivity index (χ1) is 10.1. The molecule has 118 valence electrons. The van der Waals surface area contributed by atoms with E-state index in [4.69, 9.17) is 4.74 Å². The van der Waals surface area contributed by atoms with Crippen LogP contribution in [0.5, 0.6) is 0 Å². The van der Waals surface area contributed by atoms with E-state index in [0.717, 1.165) is 45.3 Å². The fraction of sp³-hybridized carbons (Fsp3) is 0.867. The molecule has 1 aliphatic heterocycles. The van der Waals surface area contributed by atoms with Gasteiger partial charge in [-0.1, -0.05) is 0 Å². The molecule has 6 heteroatoms. The predicted octanol–water partition coefficient (Wildman–Crippen LogP) is 1.21. The third-order valence-corrected chi connectivity index (χ3v) is 5.39. The predicted molar refractivity (Wildman–Crippen MR) is 75.8 cm³/mol. The largest absolute Gasteiger partial charge is 0.481 e. The second kappa shape index (κ2) is 6.22. The number of aliphatic carboxylic acids is 1. The van der Waals surface area contributed by atoms with E-state index in [0.29, 0.717) is 18.4 Å². The second-order valence-corrected chi connectivity index (χ2v) is 6.63. The summed E-state index contributed by atoms with van der Waals surface area (Å²) in [6.07, 6.45) is 4.93. The van der Waals surface area contributed by atoms with Gasteiger partial charge in [-0.2, -0.15) is 0 Å². The highest BCUT2D eigenvalue weighted by atomic mass is 16.5. The van der Waals surface area contributed by atoms with E-state index < -0.39 is 11.9 Å². The molecule has 0 aromatic rings. The van der Waals surface area contributed by atoms with Gasteiger partial charge in [0.2, 0.25) is 0 Å². The topological polar surface area (TPSA) is 87.7 Å². The third kappa shape index (κ3) is 3.15. The lowest BCUT2D eigenvalue weighted by atomic mass is 9.84. The molecule has 2 aliphatic carbocycles. The Labute approximate surface area is 124 Å². The molecule has 6 nitrogen and oxygen atoms in total. The smallest absolute Gasteiger partial charge is 0.315 e. The maximum absolute atomic E-state index is 12.0. The van der Waals surface area contributed by atoms with Crippen molar-refractivity contribution in [1.29, 1.82) is 0 Å². The van der Waals surface area contributed by atoms with E-state index in [1.54, 1.807) is 0 Å². The number of carboxylic acids is 1. The number of amides is 2. The van der Waals surface area contributed by atoms with Crippen molar-refractivity contribution < 1.29 is 19.4 Å². The van der Waals surface area contributed by atoms with Crippen LogP contribution in [0.15, 0.2) is 0 Å². The highest BCUT2D eigenvalue weighted by Crippen LogP contribution is 2.48. The highest BCUT2D eigenvalue weighted by molar-refractivity contribution is 5.77. The Balaban J connectivity index is 1.48. The Hall–Kier alpha value is -1.30. The van der Waals surface area contributed by atoms with Gasteiger partial charge in [-0.05, 0) is 49.9 Å². The molecule has 2 amide bonds. The zero-order chi connectivity index (χ0) is 14.8. The van der Waals surface area contributed by atoms with Crippen LogP contribution >= 0.6 is 0 Å². The van der Waals surface area contributed by atoms with Crippen molar-refractivity contribution in [3.8, 4) is 0 Å². The Kier molecular flexibility index (Phi) is 4.33. The monoisotopic (exact) mass is 296 g/mol. The van der Waals surface area contributed by atoms with E-state index >= 15 is 0 Å². The van der Waals surface area contributed by atoms with Gasteiger partial charge >= 0.3 is 12.0 Å². The first-order valence-electron chi connectivity index (χ1n) is 8.00. The van der Waals surface area contributed by atoms with Crippen LogP contribution in [0.25, 0.3) is 0 Å². The zero-order valence-electron chi connectivity index (χ0n) is 12.2. The summed E-state index contributed by atoms with van der Waals surface area (Å²) in [7, 11) is 0. The van der Waals surface area contributed by atoms with E-state index in [1.807, 2.05) is 0 Å². The average Bonchev–Trinajstić information content (AvgIpc) is 3.07. The first kappa shape index (κ1) is 14.6.